The summed E-state index contributed by atoms with van der Waals surface area (Å²) >= 11 is 0. The van der Waals surface area contributed by atoms with Gasteiger partial charge in [-0.1, -0.05) is 163 Å². The van der Waals surface area contributed by atoms with Crippen LogP contribution < -0.4 is 4.89 Å². The highest BCUT2D eigenvalue weighted by Gasteiger charge is 2.21. The highest BCUT2D eigenvalue weighted by Crippen LogP contribution is 2.38. The molecule has 0 saturated heterocycles. The maximum absolute atomic E-state index is 12.7. The molecule has 344 valence electrons. The fraction of sp³-hybridized carbons (Fsp3) is 0.680. The number of nitrogens with zero attached hydrogens (tertiary/aromatic N) is 1. The molecule has 0 amide bonds. The van der Waals surface area contributed by atoms with E-state index in [1.165, 1.54) is 83.5 Å². The number of rotatable bonds is 41. The first-order chi connectivity index (χ1) is 29.0. The summed E-state index contributed by atoms with van der Waals surface area (Å²) in [4.78, 5) is 37.5. The van der Waals surface area contributed by atoms with Crippen molar-refractivity contribution in [3.05, 3.63) is 85.1 Å². The molecule has 0 aliphatic rings. The number of carbonyl (C=O) groups excluding carboxylic acids is 2. The predicted octanol–water partition coefficient (Wildman–Crippen LogP) is 12.9. The minimum atomic E-state index is -4.66. The number of likely N-dealkylation sites (N-methyl/N-ethyl adjacent to an activating group) is 1. The average molecular weight is 860 g/mol. The van der Waals surface area contributed by atoms with E-state index in [1.807, 2.05) is 33.3 Å². The van der Waals surface area contributed by atoms with E-state index in [-0.39, 0.29) is 26.1 Å². The summed E-state index contributed by atoms with van der Waals surface area (Å²) < 4.78 is 33.8. The van der Waals surface area contributed by atoms with Crippen LogP contribution in [0, 0.1) is 0 Å². The van der Waals surface area contributed by atoms with Gasteiger partial charge >= 0.3 is 11.9 Å². The first-order valence-corrected chi connectivity index (χ1v) is 24.8. The van der Waals surface area contributed by atoms with Crippen molar-refractivity contribution in [3.8, 4) is 0 Å². The first kappa shape index (κ1) is 57.2. The Balaban J connectivity index is 4.53. The monoisotopic (exact) mass is 860 g/mol. The van der Waals surface area contributed by atoms with Gasteiger partial charge in [-0.05, 0) is 77.0 Å². The lowest BCUT2D eigenvalue weighted by molar-refractivity contribution is -0.870. The van der Waals surface area contributed by atoms with Gasteiger partial charge in [-0.15, -0.1) is 0 Å². The molecule has 0 spiro atoms. The van der Waals surface area contributed by atoms with Gasteiger partial charge in [-0.2, -0.15) is 0 Å². The molecule has 0 aromatic rings. The highest BCUT2D eigenvalue weighted by molar-refractivity contribution is 7.45. The number of hydrogen-bond donors (Lipinski definition) is 0. The molecule has 2 atom stereocenters. The molecule has 0 N–H and O–H groups in total. The van der Waals surface area contributed by atoms with Gasteiger partial charge in [0.25, 0.3) is 7.82 Å². The lowest BCUT2D eigenvalue weighted by Crippen LogP contribution is -2.37. The van der Waals surface area contributed by atoms with E-state index in [1.54, 1.807) is 0 Å². The van der Waals surface area contributed by atoms with Gasteiger partial charge in [0.05, 0.1) is 27.7 Å². The van der Waals surface area contributed by atoms with Crippen LogP contribution in [0.5, 0.6) is 0 Å². The summed E-state index contributed by atoms with van der Waals surface area (Å²) in [6, 6.07) is 0. The number of phosphoric acid groups is 1. The Hall–Kier alpha value is -2.81. The molecule has 1 unspecified atom stereocenters. The van der Waals surface area contributed by atoms with E-state index in [2.05, 4.69) is 86.8 Å². The zero-order valence-corrected chi connectivity index (χ0v) is 39.5. The maximum Gasteiger partial charge on any atom is 0.306 e. The van der Waals surface area contributed by atoms with Gasteiger partial charge in [-0.25, -0.2) is 0 Å². The number of quaternary nitrogens is 1. The zero-order valence-electron chi connectivity index (χ0n) is 38.6. The third kappa shape index (κ3) is 44.7. The van der Waals surface area contributed by atoms with E-state index in [0.29, 0.717) is 23.9 Å². The molecule has 0 heterocycles. The molecule has 0 aromatic heterocycles. The second-order valence-electron chi connectivity index (χ2n) is 16.4. The third-order valence-corrected chi connectivity index (χ3v) is 10.4. The number of ether oxygens (including phenoxy) is 2. The van der Waals surface area contributed by atoms with E-state index in [4.69, 9.17) is 18.5 Å². The molecule has 0 bridgehead atoms. The Morgan fingerprint density at radius 1 is 0.517 bits per heavy atom. The van der Waals surface area contributed by atoms with Crippen molar-refractivity contribution in [2.24, 2.45) is 0 Å². The molecule has 60 heavy (non-hydrogen) atoms. The molecule has 0 radical (unpaired) electrons. The minimum absolute atomic E-state index is 0.0544. The molecule has 0 aromatic carbocycles. The third-order valence-electron chi connectivity index (χ3n) is 9.40. The van der Waals surface area contributed by atoms with Crippen molar-refractivity contribution in [1.29, 1.82) is 0 Å². The van der Waals surface area contributed by atoms with Crippen LogP contribution in [-0.2, 0) is 32.7 Å². The van der Waals surface area contributed by atoms with Crippen molar-refractivity contribution in [1.82, 2.24) is 0 Å². The van der Waals surface area contributed by atoms with Crippen LogP contribution in [0.1, 0.15) is 168 Å². The normalized spacial score (nSPS) is 14.3. The molecule has 0 fully saturated rings. The van der Waals surface area contributed by atoms with Crippen LogP contribution in [0.15, 0.2) is 85.1 Å². The van der Waals surface area contributed by atoms with Crippen molar-refractivity contribution in [2.75, 3.05) is 47.5 Å². The molecular formula is C50H86NO8P. The quantitative estimate of drug-likeness (QED) is 0.0196. The molecule has 0 saturated carbocycles. The van der Waals surface area contributed by atoms with Gasteiger partial charge in [0, 0.05) is 12.8 Å². The van der Waals surface area contributed by atoms with Crippen molar-refractivity contribution >= 4 is 19.8 Å². The molecule has 0 aliphatic carbocycles. The largest absolute Gasteiger partial charge is 0.756 e. The Morgan fingerprint density at radius 2 is 0.933 bits per heavy atom. The number of carbonyl (C=O) groups is 2. The number of esters is 2. The Bertz CT molecular complexity index is 1290. The van der Waals surface area contributed by atoms with Crippen LogP contribution in [0.2, 0.25) is 0 Å². The molecule has 9 nitrogen and oxygen atoms in total. The highest BCUT2D eigenvalue weighted by atomic mass is 31.2. The van der Waals surface area contributed by atoms with Gasteiger partial charge < -0.3 is 27.9 Å². The molecule has 10 heteroatoms. The van der Waals surface area contributed by atoms with Crippen LogP contribution in [0.25, 0.3) is 0 Å². The van der Waals surface area contributed by atoms with E-state index in [0.717, 1.165) is 44.9 Å². The summed E-state index contributed by atoms with van der Waals surface area (Å²) in [5.74, 6) is -0.990. The summed E-state index contributed by atoms with van der Waals surface area (Å²) in [5.41, 5.74) is 0. The Morgan fingerprint density at radius 3 is 1.43 bits per heavy atom. The average Bonchev–Trinajstić information content (AvgIpc) is 3.20. The zero-order chi connectivity index (χ0) is 44.3. The molecule has 0 aliphatic heterocycles. The van der Waals surface area contributed by atoms with Gasteiger partial charge in [0.1, 0.15) is 19.8 Å². The number of hydrogen-bond acceptors (Lipinski definition) is 8. The smallest absolute Gasteiger partial charge is 0.306 e. The number of unbranched alkanes of at least 4 members (excludes halogenated alkanes) is 13. The second kappa shape index (κ2) is 41.5. The fourth-order valence-corrected chi connectivity index (χ4v) is 6.46. The lowest BCUT2D eigenvalue weighted by Gasteiger charge is -2.28. The van der Waals surface area contributed by atoms with E-state index < -0.39 is 32.5 Å². The lowest BCUT2D eigenvalue weighted by atomic mass is 10.1. The van der Waals surface area contributed by atoms with E-state index >= 15 is 0 Å². The van der Waals surface area contributed by atoms with Gasteiger partial charge in [-0.3, -0.25) is 14.2 Å². The van der Waals surface area contributed by atoms with Crippen molar-refractivity contribution in [3.63, 3.8) is 0 Å². The summed E-state index contributed by atoms with van der Waals surface area (Å²) in [7, 11) is 1.09. The van der Waals surface area contributed by atoms with Crippen molar-refractivity contribution < 1.29 is 42.1 Å². The van der Waals surface area contributed by atoms with Gasteiger partial charge in [0.2, 0.25) is 0 Å². The van der Waals surface area contributed by atoms with Crippen LogP contribution in [-0.4, -0.2) is 70.0 Å². The summed E-state index contributed by atoms with van der Waals surface area (Å²) in [6.45, 7) is 4.05. The number of allylic oxidation sites excluding steroid dienone is 14. The van der Waals surface area contributed by atoms with Crippen molar-refractivity contribution in [2.45, 2.75) is 174 Å². The maximum atomic E-state index is 12.7. The molecule has 0 rings (SSSR count). The van der Waals surface area contributed by atoms with Crippen LogP contribution in [0.4, 0.5) is 0 Å². The SMILES string of the molecule is CCCCC/C=C/C/C=C/C/C=C/C/C=C/C/C=C/CCC(=O)O[C@H](COC(=O)CCC/C=C/C/C=C/CCCCCCCCCCC)COP(=O)([O-])OCC[N+](C)(C)C. The van der Waals surface area contributed by atoms with Gasteiger partial charge in [0.15, 0.2) is 6.10 Å². The topological polar surface area (TPSA) is 111 Å². The Labute approximate surface area is 367 Å². The van der Waals surface area contributed by atoms with E-state index in [9.17, 15) is 19.0 Å². The predicted molar refractivity (Wildman–Crippen MR) is 249 cm³/mol. The summed E-state index contributed by atoms with van der Waals surface area (Å²) in [5, 5.41) is 0. The van der Waals surface area contributed by atoms with Crippen LogP contribution >= 0.6 is 7.82 Å². The first-order valence-electron chi connectivity index (χ1n) is 23.3. The Kier molecular flexibility index (Phi) is 39.6. The second-order valence-corrected chi connectivity index (χ2v) is 17.8. The summed E-state index contributed by atoms with van der Waals surface area (Å²) in [6.07, 6.45) is 53.5. The van der Waals surface area contributed by atoms with Crippen LogP contribution in [0.3, 0.4) is 0 Å². The molecular weight excluding hydrogens is 774 g/mol. The fourth-order valence-electron chi connectivity index (χ4n) is 5.73. The minimum Gasteiger partial charge on any atom is -0.756 e. The standard InChI is InChI=1S/C50H86NO8P/c1-6-8-10-12-14-16-18-20-22-24-25-27-29-31-33-35-37-39-41-43-50(53)59-48(47-58-60(54,55)57-45-44-51(3,4)5)46-56-49(52)42-40-38-36-34-32-30-28-26-23-21-19-17-15-13-11-9-7-2/h14,16,20,22,25,27-28,30-31,33-34,36-37,39,48H,6-13,15,17-19,21,23-24,26,29,32,35,38,40-47H2,1-5H3/b16-14+,22-20+,27-25+,30-28+,33-31+,36-34+,39-37+/t48-/m1/s1. The number of phosphoric ester groups is 1.